The van der Waals surface area contributed by atoms with E-state index >= 15 is 0 Å². The van der Waals surface area contributed by atoms with Crippen LogP contribution < -0.4 is 10.6 Å². The van der Waals surface area contributed by atoms with E-state index < -0.39 is 10.8 Å². The van der Waals surface area contributed by atoms with Gasteiger partial charge in [0.2, 0.25) is 0 Å². The Morgan fingerprint density at radius 2 is 2.08 bits per heavy atom. The highest BCUT2D eigenvalue weighted by Crippen LogP contribution is 2.22. The standard InChI is InChI=1S/C18H37N3O2S.HI/c1-5-19-18(20-11-8-12-23-14-15(3)4)21-16-9-7-10-17(13-16)24(22)6-2;/h15-17H,5-14H2,1-4H3,(H2,19,20,21);1H. The normalized spacial score (nSPS) is 22.4. The van der Waals surface area contributed by atoms with E-state index in [1.54, 1.807) is 0 Å². The second kappa shape index (κ2) is 15.2. The monoisotopic (exact) mass is 487 g/mol. The summed E-state index contributed by atoms with van der Waals surface area (Å²) < 4.78 is 17.7. The van der Waals surface area contributed by atoms with E-state index in [0.717, 1.165) is 70.1 Å². The minimum Gasteiger partial charge on any atom is -0.381 e. The largest absolute Gasteiger partial charge is 0.381 e. The van der Waals surface area contributed by atoms with Gasteiger partial charge in [0, 0.05) is 54.1 Å². The smallest absolute Gasteiger partial charge is 0.191 e. The number of nitrogens with zero attached hydrogens (tertiary/aromatic N) is 1. The number of hydrogen-bond donors (Lipinski definition) is 2. The molecule has 2 N–H and O–H groups in total. The Morgan fingerprint density at radius 1 is 1.32 bits per heavy atom. The van der Waals surface area contributed by atoms with Crippen LogP contribution in [-0.2, 0) is 15.5 Å². The average Bonchev–Trinajstić information content (AvgIpc) is 2.57. The summed E-state index contributed by atoms with van der Waals surface area (Å²) in [6, 6.07) is 0.384. The van der Waals surface area contributed by atoms with Crippen molar-refractivity contribution in [1.82, 2.24) is 10.6 Å². The molecule has 0 aromatic carbocycles. The quantitative estimate of drug-likeness (QED) is 0.215. The summed E-state index contributed by atoms with van der Waals surface area (Å²) in [6.07, 6.45) is 5.31. The summed E-state index contributed by atoms with van der Waals surface area (Å²) in [5.41, 5.74) is 0. The molecule has 0 aromatic heterocycles. The Kier molecular flexibility index (Phi) is 15.3. The van der Waals surface area contributed by atoms with Crippen molar-refractivity contribution in [2.45, 2.75) is 71.1 Å². The van der Waals surface area contributed by atoms with Gasteiger partial charge in [-0.25, -0.2) is 0 Å². The summed E-state index contributed by atoms with van der Waals surface area (Å²) in [6.45, 7) is 11.6. The van der Waals surface area contributed by atoms with E-state index in [2.05, 4.69) is 36.4 Å². The number of ether oxygens (including phenoxy) is 1. The molecule has 0 amide bonds. The molecule has 3 atom stereocenters. The molecule has 0 aromatic rings. The zero-order valence-corrected chi connectivity index (χ0v) is 19.5. The molecule has 1 aliphatic carbocycles. The van der Waals surface area contributed by atoms with Crippen LogP contribution in [0.1, 0.15) is 59.8 Å². The molecule has 0 spiro atoms. The van der Waals surface area contributed by atoms with Crippen molar-refractivity contribution < 1.29 is 8.95 Å². The molecule has 3 unspecified atom stereocenters. The summed E-state index contributed by atoms with van der Waals surface area (Å²) in [4.78, 5) is 4.65. The fourth-order valence-corrected chi connectivity index (χ4v) is 4.29. The van der Waals surface area contributed by atoms with E-state index in [4.69, 9.17) is 4.74 Å². The van der Waals surface area contributed by atoms with E-state index in [1.165, 1.54) is 0 Å². The molecule has 0 saturated heterocycles. The van der Waals surface area contributed by atoms with Crippen LogP contribution in [0.15, 0.2) is 4.99 Å². The number of aliphatic imine (C=N–C) groups is 1. The molecule has 0 heterocycles. The first kappa shape index (κ1) is 25.1. The maximum Gasteiger partial charge on any atom is 0.191 e. The van der Waals surface area contributed by atoms with Gasteiger partial charge in [0.25, 0.3) is 0 Å². The van der Waals surface area contributed by atoms with Gasteiger partial charge in [-0.15, -0.1) is 24.0 Å². The summed E-state index contributed by atoms with van der Waals surface area (Å²) in [5, 5.41) is 7.20. The minimum atomic E-state index is -0.683. The van der Waals surface area contributed by atoms with Gasteiger partial charge in [0.1, 0.15) is 0 Å². The fraction of sp³-hybridized carbons (Fsp3) is 0.944. The van der Waals surface area contributed by atoms with Crippen LogP contribution in [0.5, 0.6) is 0 Å². The van der Waals surface area contributed by atoms with Crippen molar-refractivity contribution in [1.29, 1.82) is 0 Å². The van der Waals surface area contributed by atoms with E-state index in [9.17, 15) is 4.21 Å². The Balaban J connectivity index is 0.00000576. The summed E-state index contributed by atoms with van der Waals surface area (Å²) in [5.74, 6) is 2.23. The van der Waals surface area contributed by atoms with Crippen LogP contribution in [0.25, 0.3) is 0 Å². The van der Waals surface area contributed by atoms with Crippen molar-refractivity contribution in [3.05, 3.63) is 0 Å². The van der Waals surface area contributed by atoms with E-state index in [-0.39, 0.29) is 24.0 Å². The molecule has 25 heavy (non-hydrogen) atoms. The van der Waals surface area contributed by atoms with Crippen LogP contribution in [0.3, 0.4) is 0 Å². The molecule has 0 radical (unpaired) electrons. The van der Waals surface area contributed by atoms with E-state index in [1.807, 2.05) is 6.92 Å². The van der Waals surface area contributed by atoms with Gasteiger partial charge in [0.05, 0.1) is 0 Å². The molecule has 0 aliphatic heterocycles. The molecule has 5 nitrogen and oxygen atoms in total. The molecule has 1 rings (SSSR count). The lowest BCUT2D eigenvalue weighted by Crippen LogP contribution is -2.46. The summed E-state index contributed by atoms with van der Waals surface area (Å²) in [7, 11) is -0.683. The second-order valence-corrected chi connectivity index (χ2v) is 8.89. The first-order chi connectivity index (χ1) is 11.6. The lowest BCUT2D eigenvalue weighted by Gasteiger charge is -2.30. The molecule has 1 saturated carbocycles. The van der Waals surface area contributed by atoms with Gasteiger partial charge in [-0.2, -0.15) is 0 Å². The lowest BCUT2D eigenvalue weighted by atomic mass is 9.95. The van der Waals surface area contributed by atoms with Crippen molar-refractivity contribution in [2.75, 3.05) is 32.1 Å². The lowest BCUT2D eigenvalue weighted by molar-refractivity contribution is 0.109. The number of nitrogens with one attached hydrogen (secondary N) is 2. The Morgan fingerprint density at radius 3 is 2.72 bits per heavy atom. The highest BCUT2D eigenvalue weighted by molar-refractivity contribution is 14.0. The highest BCUT2D eigenvalue weighted by Gasteiger charge is 2.25. The van der Waals surface area contributed by atoms with Crippen LogP contribution >= 0.6 is 24.0 Å². The Hall–Kier alpha value is 0.110. The Bertz CT molecular complexity index is 395. The fourth-order valence-electron chi connectivity index (χ4n) is 2.94. The van der Waals surface area contributed by atoms with Crippen molar-refractivity contribution >= 4 is 40.7 Å². The predicted octanol–water partition coefficient (Wildman–Crippen LogP) is 3.30. The zero-order valence-electron chi connectivity index (χ0n) is 16.4. The second-order valence-electron chi connectivity index (χ2n) is 6.88. The van der Waals surface area contributed by atoms with Gasteiger partial charge in [0.15, 0.2) is 5.96 Å². The molecular formula is C18H38IN3O2S. The third kappa shape index (κ3) is 11.4. The number of halogens is 1. The molecule has 7 heteroatoms. The molecule has 1 fully saturated rings. The van der Waals surface area contributed by atoms with Crippen molar-refractivity contribution in [3.8, 4) is 0 Å². The SMILES string of the molecule is CCNC(=NCCCOCC(C)C)NC1CCCC(S(=O)CC)C1.I. The number of hydrogen-bond acceptors (Lipinski definition) is 3. The van der Waals surface area contributed by atoms with Crippen LogP contribution in [0.4, 0.5) is 0 Å². The van der Waals surface area contributed by atoms with Crippen molar-refractivity contribution in [3.63, 3.8) is 0 Å². The third-order valence-electron chi connectivity index (χ3n) is 4.14. The first-order valence-corrected chi connectivity index (χ1v) is 10.9. The summed E-state index contributed by atoms with van der Waals surface area (Å²) >= 11 is 0. The molecular weight excluding hydrogens is 449 g/mol. The maximum absolute atomic E-state index is 12.1. The van der Waals surface area contributed by atoms with Gasteiger partial charge >= 0.3 is 0 Å². The number of rotatable bonds is 10. The van der Waals surface area contributed by atoms with Gasteiger partial charge < -0.3 is 15.4 Å². The van der Waals surface area contributed by atoms with Gasteiger partial charge in [-0.3, -0.25) is 9.20 Å². The predicted molar refractivity (Wildman–Crippen MR) is 120 cm³/mol. The molecule has 1 aliphatic rings. The van der Waals surface area contributed by atoms with Crippen LogP contribution in [0.2, 0.25) is 0 Å². The van der Waals surface area contributed by atoms with Gasteiger partial charge in [-0.05, 0) is 38.5 Å². The van der Waals surface area contributed by atoms with Gasteiger partial charge in [-0.1, -0.05) is 27.2 Å². The third-order valence-corrected chi connectivity index (χ3v) is 5.88. The topological polar surface area (TPSA) is 62.7 Å². The van der Waals surface area contributed by atoms with E-state index in [0.29, 0.717) is 17.2 Å². The molecule has 0 bridgehead atoms. The number of guanidine groups is 1. The Labute approximate surface area is 174 Å². The average molecular weight is 487 g/mol. The highest BCUT2D eigenvalue weighted by atomic mass is 127. The zero-order chi connectivity index (χ0) is 17.8. The first-order valence-electron chi connectivity index (χ1n) is 9.56. The van der Waals surface area contributed by atoms with Crippen LogP contribution in [0, 0.1) is 5.92 Å². The molecule has 150 valence electrons. The van der Waals surface area contributed by atoms with Crippen molar-refractivity contribution in [2.24, 2.45) is 10.9 Å². The minimum absolute atomic E-state index is 0. The maximum atomic E-state index is 12.1. The van der Waals surface area contributed by atoms with Crippen LogP contribution in [-0.4, -0.2) is 53.5 Å².